The molecule has 1 N–H and O–H groups in total. The summed E-state index contributed by atoms with van der Waals surface area (Å²) in [4.78, 5) is 27.1. The van der Waals surface area contributed by atoms with Crippen LogP contribution in [-0.4, -0.2) is 43.0 Å². The van der Waals surface area contributed by atoms with Gasteiger partial charge >= 0.3 is 0 Å². The summed E-state index contributed by atoms with van der Waals surface area (Å²) in [6.07, 6.45) is 0.850. The van der Waals surface area contributed by atoms with E-state index in [1.807, 2.05) is 63.2 Å². The third kappa shape index (κ3) is 6.74. The Balaban J connectivity index is 2.16. The van der Waals surface area contributed by atoms with Crippen molar-refractivity contribution in [2.75, 3.05) is 20.3 Å². The summed E-state index contributed by atoms with van der Waals surface area (Å²) in [5, 5.41) is 2.65. The molecule has 1 atom stereocenters. The van der Waals surface area contributed by atoms with E-state index in [0.717, 1.165) is 16.7 Å². The molecule has 0 fully saturated rings. The number of benzene rings is 2. The van der Waals surface area contributed by atoms with Crippen LogP contribution in [0, 0.1) is 6.92 Å². The van der Waals surface area contributed by atoms with E-state index in [9.17, 15) is 9.59 Å². The Labute approximate surface area is 185 Å². The third-order valence-electron chi connectivity index (χ3n) is 5.25. The van der Waals surface area contributed by atoms with Crippen molar-refractivity contribution in [1.29, 1.82) is 0 Å². The van der Waals surface area contributed by atoms with E-state index in [-0.39, 0.29) is 11.8 Å². The van der Waals surface area contributed by atoms with Crippen LogP contribution in [0.5, 0.6) is 11.5 Å². The third-order valence-corrected chi connectivity index (χ3v) is 5.25. The van der Waals surface area contributed by atoms with Crippen LogP contribution in [0.1, 0.15) is 43.9 Å². The number of aryl methyl sites for hydroxylation is 2. The van der Waals surface area contributed by atoms with E-state index >= 15 is 0 Å². The second-order valence-electron chi connectivity index (χ2n) is 7.39. The van der Waals surface area contributed by atoms with Crippen LogP contribution < -0.4 is 14.8 Å². The average molecular weight is 427 g/mol. The molecule has 0 bridgehead atoms. The minimum absolute atomic E-state index is 0.0637. The van der Waals surface area contributed by atoms with Gasteiger partial charge in [-0.25, -0.2) is 0 Å². The second kappa shape index (κ2) is 12.0. The zero-order valence-electron chi connectivity index (χ0n) is 19.2. The number of nitrogens with one attached hydrogen (secondary N) is 1. The molecule has 0 saturated heterocycles. The van der Waals surface area contributed by atoms with Gasteiger partial charge in [0.2, 0.25) is 11.8 Å². The van der Waals surface area contributed by atoms with Gasteiger partial charge in [-0.3, -0.25) is 9.59 Å². The fourth-order valence-electron chi connectivity index (χ4n) is 3.41. The summed E-state index contributed by atoms with van der Waals surface area (Å²) in [6, 6.07) is 13.1. The molecule has 2 rings (SSSR count). The molecule has 0 heterocycles. The quantitative estimate of drug-likeness (QED) is 0.592. The molecule has 0 saturated carbocycles. The molecule has 2 aromatic carbocycles. The first-order valence-electron chi connectivity index (χ1n) is 10.8. The van der Waals surface area contributed by atoms with Gasteiger partial charge in [-0.05, 0) is 62.9 Å². The summed E-state index contributed by atoms with van der Waals surface area (Å²) in [5.74, 6) is 1.14. The number of hydrogen-bond donors (Lipinski definition) is 1. The number of carbonyl (C=O) groups excluding carboxylic acids is 2. The van der Waals surface area contributed by atoms with Gasteiger partial charge in [0.15, 0.2) is 11.5 Å². The van der Waals surface area contributed by atoms with Crippen molar-refractivity contribution in [3.63, 3.8) is 0 Å². The van der Waals surface area contributed by atoms with E-state index in [0.29, 0.717) is 44.1 Å². The Hall–Kier alpha value is -3.02. The maximum absolute atomic E-state index is 13.2. The Morgan fingerprint density at radius 1 is 1.03 bits per heavy atom. The van der Waals surface area contributed by atoms with Crippen LogP contribution in [0.2, 0.25) is 0 Å². The highest BCUT2D eigenvalue weighted by atomic mass is 16.5. The topological polar surface area (TPSA) is 67.9 Å². The van der Waals surface area contributed by atoms with E-state index in [1.54, 1.807) is 18.9 Å². The fourth-order valence-corrected chi connectivity index (χ4v) is 3.41. The lowest BCUT2D eigenvalue weighted by Gasteiger charge is -2.29. The molecule has 0 aliphatic rings. The van der Waals surface area contributed by atoms with Crippen LogP contribution in [-0.2, 0) is 22.6 Å². The molecule has 0 aliphatic carbocycles. The van der Waals surface area contributed by atoms with Crippen LogP contribution in [0.4, 0.5) is 0 Å². The summed E-state index contributed by atoms with van der Waals surface area (Å²) < 4.78 is 11.3. The summed E-state index contributed by atoms with van der Waals surface area (Å²) >= 11 is 0. The number of rotatable bonds is 11. The smallest absolute Gasteiger partial charge is 0.242 e. The van der Waals surface area contributed by atoms with Gasteiger partial charge in [0, 0.05) is 20.0 Å². The lowest BCUT2D eigenvalue weighted by atomic mass is 10.1. The number of ether oxygens (including phenoxy) is 2. The Bertz CT molecular complexity index is 882. The minimum Gasteiger partial charge on any atom is -0.490 e. The molecule has 0 spiro atoms. The van der Waals surface area contributed by atoms with Crippen molar-refractivity contribution in [3.05, 3.63) is 59.2 Å². The highest BCUT2D eigenvalue weighted by molar-refractivity contribution is 5.87. The van der Waals surface area contributed by atoms with Crippen molar-refractivity contribution in [3.8, 4) is 11.5 Å². The SMILES string of the molecule is CCOc1ccc(CCC(=O)N(Cc2ccccc2C)[C@H](C)C(=O)NC)cc1OCC. The molecule has 0 aliphatic heterocycles. The molecule has 6 nitrogen and oxygen atoms in total. The van der Waals surface area contributed by atoms with Gasteiger partial charge in [0.05, 0.1) is 13.2 Å². The molecule has 0 unspecified atom stereocenters. The molecule has 6 heteroatoms. The fraction of sp³-hybridized carbons (Fsp3) is 0.440. The molecule has 31 heavy (non-hydrogen) atoms. The monoisotopic (exact) mass is 426 g/mol. The number of amides is 2. The predicted molar refractivity (Wildman–Crippen MR) is 122 cm³/mol. The second-order valence-corrected chi connectivity index (χ2v) is 7.39. The first-order chi connectivity index (χ1) is 14.9. The van der Waals surface area contributed by atoms with Gasteiger partial charge in [-0.2, -0.15) is 0 Å². The first-order valence-corrected chi connectivity index (χ1v) is 10.8. The molecular weight excluding hydrogens is 392 g/mol. The standard InChI is InChI=1S/C25H34N2O4/c1-6-30-22-14-12-20(16-23(22)31-7-2)13-15-24(28)27(19(4)25(29)26-5)17-21-11-9-8-10-18(21)3/h8-12,14,16,19H,6-7,13,15,17H2,1-5H3,(H,26,29)/t19-/m1/s1. The zero-order chi connectivity index (χ0) is 22.8. The van der Waals surface area contributed by atoms with E-state index in [4.69, 9.17) is 9.47 Å². The van der Waals surface area contributed by atoms with Crippen molar-refractivity contribution in [1.82, 2.24) is 10.2 Å². The summed E-state index contributed by atoms with van der Waals surface area (Å²) in [7, 11) is 1.59. The van der Waals surface area contributed by atoms with Gasteiger partial charge in [-0.15, -0.1) is 0 Å². The lowest BCUT2D eigenvalue weighted by molar-refractivity contribution is -0.140. The highest BCUT2D eigenvalue weighted by Crippen LogP contribution is 2.29. The summed E-state index contributed by atoms with van der Waals surface area (Å²) in [6.45, 7) is 9.12. The minimum atomic E-state index is -0.559. The van der Waals surface area contributed by atoms with E-state index in [1.165, 1.54) is 0 Å². The van der Waals surface area contributed by atoms with E-state index < -0.39 is 6.04 Å². The Morgan fingerprint density at radius 2 is 1.71 bits per heavy atom. The van der Waals surface area contributed by atoms with E-state index in [2.05, 4.69) is 5.32 Å². The van der Waals surface area contributed by atoms with Gasteiger partial charge in [0.1, 0.15) is 6.04 Å². The van der Waals surface area contributed by atoms with Crippen LogP contribution in [0.15, 0.2) is 42.5 Å². The largest absolute Gasteiger partial charge is 0.490 e. The van der Waals surface area contributed by atoms with Crippen molar-refractivity contribution < 1.29 is 19.1 Å². The molecule has 168 valence electrons. The van der Waals surface area contributed by atoms with Crippen molar-refractivity contribution >= 4 is 11.8 Å². The Morgan fingerprint density at radius 3 is 2.35 bits per heavy atom. The first kappa shape index (κ1) is 24.3. The van der Waals surface area contributed by atoms with Crippen LogP contribution in [0.3, 0.4) is 0 Å². The Kier molecular flexibility index (Phi) is 9.38. The lowest BCUT2D eigenvalue weighted by Crippen LogP contribution is -2.46. The molecular formula is C25H34N2O4. The maximum atomic E-state index is 13.2. The number of nitrogens with zero attached hydrogens (tertiary/aromatic N) is 1. The molecule has 0 radical (unpaired) electrons. The molecule has 2 aromatic rings. The van der Waals surface area contributed by atoms with Crippen LogP contribution >= 0.6 is 0 Å². The van der Waals surface area contributed by atoms with Crippen LogP contribution in [0.25, 0.3) is 0 Å². The number of likely N-dealkylation sites (N-methyl/N-ethyl adjacent to an activating group) is 1. The number of carbonyl (C=O) groups is 2. The highest BCUT2D eigenvalue weighted by Gasteiger charge is 2.25. The molecule has 2 amide bonds. The summed E-state index contributed by atoms with van der Waals surface area (Å²) in [5.41, 5.74) is 3.12. The van der Waals surface area contributed by atoms with Gasteiger partial charge in [-0.1, -0.05) is 30.3 Å². The predicted octanol–water partition coefficient (Wildman–Crippen LogP) is 3.89. The van der Waals surface area contributed by atoms with Crippen molar-refractivity contribution in [2.24, 2.45) is 0 Å². The maximum Gasteiger partial charge on any atom is 0.242 e. The number of hydrogen-bond acceptors (Lipinski definition) is 4. The van der Waals surface area contributed by atoms with Gasteiger partial charge < -0.3 is 19.7 Å². The normalized spacial score (nSPS) is 11.5. The average Bonchev–Trinajstić information content (AvgIpc) is 2.77. The molecule has 0 aromatic heterocycles. The van der Waals surface area contributed by atoms with Crippen molar-refractivity contribution in [2.45, 2.75) is 53.1 Å². The zero-order valence-corrected chi connectivity index (χ0v) is 19.2. The van der Waals surface area contributed by atoms with Gasteiger partial charge in [0.25, 0.3) is 0 Å².